The third-order valence-electron chi connectivity index (χ3n) is 3.58. The van der Waals surface area contributed by atoms with Crippen LogP contribution < -0.4 is 11.1 Å². The first-order valence-corrected chi connectivity index (χ1v) is 7.35. The molecular formula is C17H22N2O4. The summed E-state index contributed by atoms with van der Waals surface area (Å²) >= 11 is 0. The van der Waals surface area contributed by atoms with E-state index >= 15 is 0 Å². The minimum atomic E-state index is -0.696. The van der Waals surface area contributed by atoms with E-state index in [1.807, 2.05) is 13.8 Å². The Morgan fingerprint density at radius 3 is 2.35 bits per heavy atom. The number of benzene rings is 1. The topological polar surface area (TPSA) is 98.5 Å². The number of amides is 2. The van der Waals surface area contributed by atoms with Crippen molar-refractivity contribution in [1.82, 2.24) is 5.32 Å². The van der Waals surface area contributed by atoms with Crippen LogP contribution in [0.5, 0.6) is 0 Å². The predicted octanol–water partition coefficient (Wildman–Crippen LogP) is 1.50. The molecule has 0 aliphatic rings. The average molecular weight is 318 g/mol. The van der Waals surface area contributed by atoms with Gasteiger partial charge in [0.2, 0.25) is 11.8 Å². The molecule has 0 spiro atoms. The summed E-state index contributed by atoms with van der Waals surface area (Å²) in [4.78, 5) is 34.6. The number of nitrogens with one attached hydrogen (secondary N) is 1. The second kappa shape index (κ2) is 8.73. The maximum Gasteiger partial charge on any atom is 0.337 e. The number of carbonyl (C=O) groups excluding carboxylic acids is 3. The maximum absolute atomic E-state index is 11.9. The van der Waals surface area contributed by atoms with Crippen molar-refractivity contribution in [2.45, 2.75) is 26.3 Å². The van der Waals surface area contributed by atoms with Crippen LogP contribution in [0.1, 0.15) is 36.2 Å². The molecule has 6 heteroatoms. The SMILES string of the molecule is CCC(C)C(NC(=O)C=Cc1ccc(C(=O)OC)cc1)C(N)=O. The molecule has 0 aliphatic heterocycles. The standard InChI is InChI=1S/C17H22N2O4/c1-4-11(2)15(16(18)21)19-14(20)10-7-12-5-8-13(9-6-12)17(22)23-3/h5-11,15H,4H2,1-3H3,(H2,18,21)(H,19,20). The number of esters is 1. The summed E-state index contributed by atoms with van der Waals surface area (Å²) < 4.78 is 4.61. The Labute approximate surface area is 135 Å². The molecule has 0 saturated heterocycles. The van der Waals surface area contributed by atoms with Gasteiger partial charge in [-0.15, -0.1) is 0 Å². The molecule has 0 bridgehead atoms. The van der Waals surface area contributed by atoms with Gasteiger partial charge in [0.15, 0.2) is 0 Å². The zero-order valence-corrected chi connectivity index (χ0v) is 13.5. The number of primary amides is 1. The van der Waals surface area contributed by atoms with Crippen LogP contribution in [0.2, 0.25) is 0 Å². The van der Waals surface area contributed by atoms with E-state index in [1.165, 1.54) is 13.2 Å². The minimum Gasteiger partial charge on any atom is -0.465 e. The number of hydrogen-bond donors (Lipinski definition) is 2. The molecule has 0 aromatic heterocycles. The number of ether oxygens (including phenoxy) is 1. The van der Waals surface area contributed by atoms with Gasteiger partial charge >= 0.3 is 5.97 Å². The van der Waals surface area contributed by atoms with Crippen molar-refractivity contribution in [1.29, 1.82) is 0 Å². The van der Waals surface area contributed by atoms with Crippen LogP contribution in [0.25, 0.3) is 6.08 Å². The Kier molecular flexibility index (Phi) is 6.99. The lowest BCUT2D eigenvalue weighted by Gasteiger charge is -2.20. The molecule has 0 saturated carbocycles. The van der Waals surface area contributed by atoms with E-state index in [-0.39, 0.29) is 5.92 Å². The lowest BCUT2D eigenvalue weighted by molar-refractivity contribution is -0.126. The molecule has 2 unspecified atom stereocenters. The van der Waals surface area contributed by atoms with Gasteiger partial charge in [-0.1, -0.05) is 32.4 Å². The van der Waals surface area contributed by atoms with Crippen LogP contribution in [0, 0.1) is 5.92 Å². The van der Waals surface area contributed by atoms with Crippen molar-refractivity contribution in [2.75, 3.05) is 7.11 Å². The van der Waals surface area contributed by atoms with Gasteiger partial charge in [-0.2, -0.15) is 0 Å². The molecule has 23 heavy (non-hydrogen) atoms. The highest BCUT2D eigenvalue weighted by atomic mass is 16.5. The lowest BCUT2D eigenvalue weighted by Crippen LogP contribution is -2.47. The highest BCUT2D eigenvalue weighted by molar-refractivity contribution is 5.95. The minimum absolute atomic E-state index is 0.0378. The van der Waals surface area contributed by atoms with E-state index in [1.54, 1.807) is 30.3 Å². The van der Waals surface area contributed by atoms with Gasteiger partial charge in [0.1, 0.15) is 6.04 Å². The first-order chi connectivity index (χ1) is 10.9. The van der Waals surface area contributed by atoms with Crippen molar-refractivity contribution in [3.8, 4) is 0 Å². The summed E-state index contributed by atoms with van der Waals surface area (Å²) in [5.74, 6) is -1.41. The number of methoxy groups -OCH3 is 1. The summed E-state index contributed by atoms with van der Waals surface area (Å²) in [6, 6.07) is 5.90. The zero-order chi connectivity index (χ0) is 17.4. The number of nitrogens with two attached hydrogens (primary N) is 1. The van der Waals surface area contributed by atoms with Crippen LogP contribution in [-0.2, 0) is 14.3 Å². The van der Waals surface area contributed by atoms with Gasteiger partial charge in [0.05, 0.1) is 12.7 Å². The predicted molar refractivity (Wildman–Crippen MR) is 87.4 cm³/mol. The summed E-state index contributed by atoms with van der Waals surface area (Å²) in [5, 5.41) is 2.60. The fraction of sp³-hybridized carbons (Fsp3) is 0.353. The third kappa shape index (κ3) is 5.58. The van der Waals surface area contributed by atoms with E-state index in [9.17, 15) is 14.4 Å². The lowest BCUT2D eigenvalue weighted by atomic mass is 9.98. The maximum atomic E-state index is 11.9. The summed E-state index contributed by atoms with van der Waals surface area (Å²) in [7, 11) is 1.31. The van der Waals surface area contributed by atoms with E-state index in [0.29, 0.717) is 5.56 Å². The van der Waals surface area contributed by atoms with E-state index in [2.05, 4.69) is 10.1 Å². The second-order valence-corrected chi connectivity index (χ2v) is 5.22. The summed E-state index contributed by atoms with van der Waals surface area (Å²) in [6.45, 7) is 3.77. The van der Waals surface area contributed by atoms with E-state index in [0.717, 1.165) is 12.0 Å². The molecule has 1 aromatic carbocycles. The zero-order valence-electron chi connectivity index (χ0n) is 13.5. The molecule has 1 rings (SSSR count). The Balaban J connectivity index is 2.71. The van der Waals surface area contributed by atoms with Crippen molar-refractivity contribution in [3.63, 3.8) is 0 Å². The van der Waals surface area contributed by atoms with Gasteiger partial charge in [0, 0.05) is 6.08 Å². The first kappa shape index (κ1) is 18.4. The quantitative estimate of drug-likeness (QED) is 0.588. The number of carbonyl (C=O) groups is 3. The molecule has 0 heterocycles. The normalized spacial score (nSPS) is 13.3. The van der Waals surface area contributed by atoms with Gasteiger partial charge in [-0.25, -0.2) is 4.79 Å². The molecule has 6 nitrogen and oxygen atoms in total. The van der Waals surface area contributed by atoms with E-state index < -0.39 is 23.8 Å². The average Bonchev–Trinajstić information content (AvgIpc) is 2.56. The van der Waals surface area contributed by atoms with Crippen molar-refractivity contribution >= 4 is 23.9 Å². The van der Waals surface area contributed by atoms with Crippen molar-refractivity contribution < 1.29 is 19.1 Å². The smallest absolute Gasteiger partial charge is 0.337 e. The summed E-state index contributed by atoms with van der Waals surface area (Å²) in [6.07, 6.45) is 3.64. The molecule has 1 aromatic rings. The molecule has 3 N–H and O–H groups in total. The molecular weight excluding hydrogens is 296 g/mol. The van der Waals surface area contributed by atoms with Gasteiger partial charge in [0.25, 0.3) is 0 Å². The van der Waals surface area contributed by atoms with Gasteiger partial charge in [-0.05, 0) is 29.7 Å². The highest BCUT2D eigenvalue weighted by Crippen LogP contribution is 2.09. The van der Waals surface area contributed by atoms with Crippen molar-refractivity contribution in [2.24, 2.45) is 11.7 Å². The Bertz CT molecular complexity index is 593. The Hall–Kier alpha value is -2.63. The Morgan fingerprint density at radius 2 is 1.87 bits per heavy atom. The second-order valence-electron chi connectivity index (χ2n) is 5.22. The highest BCUT2D eigenvalue weighted by Gasteiger charge is 2.22. The van der Waals surface area contributed by atoms with Gasteiger partial charge < -0.3 is 15.8 Å². The largest absolute Gasteiger partial charge is 0.465 e. The van der Waals surface area contributed by atoms with E-state index in [4.69, 9.17) is 5.73 Å². The molecule has 0 radical (unpaired) electrons. The molecule has 0 fully saturated rings. The third-order valence-corrected chi connectivity index (χ3v) is 3.58. The Morgan fingerprint density at radius 1 is 1.26 bits per heavy atom. The fourth-order valence-corrected chi connectivity index (χ4v) is 1.95. The fourth-order valence-electron chi connectivity index (χ4n) is 1.95. The van der Waals surface area contributed by atoms with Crippen LogP contribution in [0.4, 0.5) is 0 Å². The summed E-state index contributed by atoms with van der Waals surface area (Å²) in [5.41, 5.74) is 6.48. The van der Waals surface area contributed by atoms with Crippen molar-refractivity contribution in [3.05, 3.63) is 41.5 Å². The monoisotopic (exact) mass is 318 g/mol. The number of rotatable bonds is 7. The van der Waals surface area contributed by atoms with Crippen LogP contribution in [0.3, 0.4) is 0 Å². The molecule has 0 aliphatic carbocycles. The molecule has 124 valence electrons. The molecule has 2 amide bonds. The molecule has 2 atom stereocenters. The first-order valence-electron chi connectivity index (χ1n) is 7.35. The van der Waals surface area contributed by atoms with Crippen LogP contribution in [0.15, 0.2) is 30.3 Å². The van der Waals surface area contributed by atoms with Crippen LogP contribution >= 0.6 is 0 Å². The van der Waals surface area contributed by atoms with Gasteiger partial charge in [-0.3, -0.25) is 9.59 Å². The van der Waals surface area contributed by atoms with Crippen LogP contribution in [-0.4, -0.2) is 30.9 Å². The number of hydrogen-bond acceptors (Lipinski definition) is 4.